The van der Waals surface area contributed by atoms with E-state index < -0.39 is 11.7 Å². The van der Waals surface area contributed by atoms with Gasteiger partial charge in [-0.25, -0.2) is 9.37 Å². The van der Waals surface area contributed by atoms with E-state index in [1.54, 1.807) is 35.6 Å². The van der Waals surface area contributed by atoms with Crippen LogP contribution in [0.15, 0.2) is 76.3 Å². The number of nitrogens with one attached hydrogen (secondary N) is 2. The maximum Gasteiger partial charge on any atom is 0.258 e. The van der Waals surface area contributed by atoms with Gasteiger partial charge in [0.05, 0.1) is 21.4 Å². The van der Waals surface area contributed by atoms with Gasteiger partial charge in [0.2, 0.25) is 5.91 Å². The SMILES string of the molecule is CCC(Sc1cccc(NC(=O)c2ccccc2F)c1)C(=O)Nc1nc(-c2cccs2)cs1. The van der Waals surface area contributed by atoms with Crippen LogP contribution >= 0.6 is 34.4 Å². The van der Waals surface area contributed by atoms with Crippen molar-refractivity contribution in [3.63, 3.8) is 0 Å². The summed E-state index contributed by atoms with van der Waals surface area (Å²) < 4.78 is 13.9. The monoisotopic (exact) mass is 497 g/mol. The summed E-state index contributed by atoms with van der Waals surface area (Å²) in [4.78, 5) is 31.6. The zero-order valence-corrected chi connectivity index (χ0v) is 20.0. The van der Waals surface area contributed by atoms with Gasteiger partial charge in [-0.3, -0.25) is 9.59 Å². The van der Waals surface area contributed by atoms with Gasteiger partial charge in [0.1, 0.15) is 5.82 Å². The number of aromatic nitrogens is 1. The Labute approximate surface area is 203 Å². The summed E-state index contributed by atoms with van der Waals surface area (Å²) in [5, 5.41) is 9.77. The summed E-state index contributed by atoms with van der Waals surface area (Å²) in [7, 11) is 0. The van der Waals surface area contributed by atoms with E-state index in [1.165, 1.54) is 41.3 Å². The minimum Gasteiger partial charge on any atom is -0.322 e. The van der Waals surface area contributed by atoms with Crippen LogP contribution in [0.3, 0.4) is 0 Å². The van der Waals surface area contributed by atoms with Crippen molar-refractivity contribution in [2.75, 3.05) is 10.6 Å². The van der Waals surface area contributed by atoms with Crippen molar-refractivity contribution in [3.8, 4) is 10.6 Å². The van der Waals surface area contributed by atoms with Crippen LogP contribution in [-0.4, -0.2) is 22.0 Å². The summed E-state index contributed by atoms with van der Waals surface area (Å²) in [6.07, 6.45) is 0.617. The molecule has 2 aromatic heterocycles. The van der Waals surface area contributed by atoms with Crippen molar-refractivity contribution in [3.05, 3.63) is 82.8 Å². The first-order chi connectivity index (χ1) is 16.0. The molecular weight excluding hydrogens is 477 g/mol. The Balaban J connectivity index is 1.40. The highest BCUT2D eigenvalue weighted by Gasteiger charge is 2.20. The number of rotatable bonds is 8. The molecule has 4 aromatic rings. The normalized spacial score (nSPS) is 11.7. The molecule has 33 heavy (non-hydrogen) atoms. The molecule has 0 fully saturated rings. The third kappa shape index (κ3) is 5.87. The predicted molar refractivity (Wildman–Crippen MR) is 135 cm³/mol. The van der Waals surface area contributed by atoms with Gasteiger partial charge in [-0.05, 0) is 48.2 Å². The third-order valence-corrected chi connectivity index (χ3v) is 7.67. The first-order valence-electron chi connectivity index (χ1n) is 10.2. The van der Waals surface area contributed by atoms with E-state index >= 15 is 0 Å². The predicted octanol–water partition coefficient (Wildman–Crippen LogP) is 6.77. The number of anilines is 2. The quantitative estimate of drug-likeness (QED) is 0.264. The molecule has 2 amide bonds. The zero-order chi connectivity index (χ0) is 23.2. The lowest BCUT2D eigenvalue weighted by Gasteiger charge is -2.14. The number of benzene rings is 2. The van der Waals surface area contributed by atoms with Crippen LogP contribution in [0.1, 0.15) is 23.7 Å². The summed E-state index contributed by atoms with van der Waals surface area (Å²) in [6, 6.07) is 17.0. The van der Waals surface area contributed by atoms with Gasteiger partial charge >= 0.3 is 0 Å². The van der Waals surface area contributed by atoms with Gasteiger partial charge in [0.25, 0.3) is 5.91 Å². The maximum absolute atomic E-state index is 13.9. The molecule has 0 saturated carbocycles. The Bertz CT molecular complexity index is 1260. The van der Waals surface area contributed by atoms with Gasteiger partial charge in [0.15, 0.2) is 5.13 Å². The standard InChI is InChI=1S/C24H20FN3O2S3/c1-2-20(23(30)28-24-27-19(14-32-24)21-11-6-12-31-21)33-16-8-5-7-15(13-16)26-22(29)17-9-3-4-10-18(17)25/h3-14,20H,2H2,1H3,(H,26,29)(H,27,28,30). The van der Waals surface area contributed by atoms with Gasteiger partial charge in [-0.2, -0.15) is 0 Å². The number of nitrogens with zero attached hydrogens (tertiary/aromatic N) is 1. The first kappa shape index (κ1) is 23.2. The smallest absolute Gasteiger partial charge is 0.258 e. The Morgan fingerprint density at radius 1 is 1.06 bits per heavy atom. The number of halogens is 1. The minimum absolute atomic E-state index is 0.0215. The van der Waals surface area contributed by atoms with E-state index in [2.05, 4.69) is 15.6 Å². The summed E-state index contributed by atoms with van der Waals surface area (Å²) >= 11 is 4.40. The second-order valence-corrected chi connectivity index (χ2v) is 10.1. The summed E-state index contributed by atoms with van der Waals surface area (Å²) in [5.74, 6) is -1.23. The number of thiazole rings is 1. The molecule has 2 heterocycles. The van der Waals surface area contributed by atoms with E-state index in [0.29, 0.717) is 17.2 Å². The topological polar surface area (TPSA) is 71.1 Å². The summed E-state index contributed by atoms with van der Waals surface area (Å²) in [6.45, 7) is 1.94. The summed E-state index contributed by atoms with van der Waals surface area (Å²) in [5.41, 5.74) is 1.36. The van der Waals surface area contributed by atoms with Crippen LogP contribution < -0.4 is 10.6 Å². The highest BCUT2D eigenvalue weighted by atomic mass is 32.2. The first-order valence-corrected chi connectivity index (χ1v) is 12.8. The fourth-order valence-corrected chi connectivity index (χ4v) is 5.52. The van der Waals surface area contributed by atoms with Crippen LogP contribution in [0.4, 0.5) is 15.2 Å². The number of hydrogen-bond donors (Lipinski definition) is 2. The molecule has 168 valence electrons. The van der Waals surface area contributed by atoms with E-state index in [-0.39, 0.29) is 16.7 Å². The molecule has 5 nitrogen and oxygen atoms in total. The van der Waals surface area contributed by atoms with Gasteiger partial charge in [-0.1, -0.05) is 31.2 Å². The molecule has 1 atom stereocenters. The van der Waals surface area contributed by atoms with Crippen LogP contribution in [0.25, 0.3) is 10.6 Å². The largest absolute Gasteiger partial charge is 0.322 e. The maximum atomic E-state index is 13.9. The molecule has 0 radical (unpaired) electrons. The molecule has 0 aliphatic rings. The average Bonchev–Trinajstić information content (AvgIpc) is 3.50. The average molecular weight is 498 g/mol. The highest BCUT2D eigenvalue weighted by molar-refractivity contribution is 8.00. The van der Waals surface area contributed by atoms with Crippen LogP contribution in [0.2, 0.25) is 0 Å². The number of carbonyl (C=O) groups excluding carboxylic acids is 2. The number of hydrogen-bond acceptors (Lipinski definition) is 6. The fourth-order valence-electron chi connectivity index (χ4n) is 3.03. The zero-order valence-electron chi connectivity index (χ0n) is 17.6. The molecule has 0 aliphatic carbocycles. The highest BCUT2D eigenvalue weighted by Crippen LogP contribution is 2.31. The minimum atomic E-state index is -0.576. The van der Waals surface area contributed by atoms with Crippen molar-refractivity contribution in [2.45, 2.75) is 23.5 Å². The van der Waals surface area contributed by atoms with Crippen LogP contribution in [0.5, 0.6) is 0 Å². The van der Waals surface area contributed by atoms with Crippen LogP contribution in [-0.2, 0) is 4.79 Å². The molecule has 2 N–H and O–H groups in total. The Morgan fingerprint density at radius 3 is 2.67 bits per heavy atom. The molecule has 0 saturated heterocycles. The van der Waals surface area contributed by atoms with Gasteiger partial charge < -0.3 is 10.6 Å². The number of amides is 2. The molecule has 0 bridgehead atoms. The van der Waals surface area contributed by atoms with E-state index in [0.717, 1.165) is 15.5 Å². The van der Waals surface area contributed by atoms with Crippen LogP contribution in [0, 0.1) is 5.82 Å². The lowest BCUT2D eigenvalue weighted by atomic mass is 10.2. The lowest BCUT2D eigenvalue weighted by molar-refractivity contribution is -0.115. The second-order valence-electron chi connectivity index (χ2n) is 6.98. The Kier molecular flexibility index (Phi) is 7.54. The molecule has 0 aliphatic heterocycles. The van der Waals surface area contributed by atoms with Crippen molar-refractivity contribution in [1.29, 1.82) is 0 Å². The van der Waals surface area contributed by atoms with E-state index in [9.17, 15) is 14.0 Å². The van der Waals surface area contributed by atoms with Crippen molar-refractivity contribution < 1.29 is 14.0 Å². The number of carbonyl (C=O) groups is 2. The van der Waals surface area contributed by atoms with Crippen molar-refractivity contribution >= 4 is 57.1 Å². The molecule has 9 heteroatoms. The number of thioether (sulfide) groups is 1. The Hall–Kier alpha value is -3.01. The second kappa shape index (κ2) is 10.7. The van der Waals surface area contributed by atoms with E-state index in [4.69, 9.17) is 0 Å². The van der Waals surface area contributed by atoms with Crippen molar-refractivity contribution in [2.24, 2.45) is 0 Å². The van der Waals surface area contributed by atoms with Gasteiger partial charge in [-0.15, -0.1) is 34.4 Å². The molecule has 4 rings (SSSR count). The lowest BCUT2D eigenvalue weighted by Crippen LogP contribution is -2.24. The fraction of sp³-hybridized carbons (Fsp3) is 0.125. The molecular formula is C24H20FN3O2S3. The van der Waals surface area contributed by atoms with E-state index in [1.807, 2.05) is 35.9 Å². The van der Waals surface area contributed by atoms with Gasteiger partial charge in [0, 0.05) is 16.0 Å². The molecule has 1 unspecified atom stereocenters. The Morgan fingerprint density at radius 2 is 1.91 bits per heavy atom. The molecule has 0 spiro atoms. The molecule has 2 aromatic carbocycles. The van der Waals surface area contributed by atoms with Crippen molar-refractivity contribution in [1.82, 2.24) is 4.98 Å². The third-order valence-electron chi connectivity index (χ3n) is 4.66. The number of thiophene rings is 1.